The van der Waals surface area contributed by atoms with Gasteiger partial charge in [-0.05, 0) is 19.4 Å². The minimum atomic E-state index is -0.751. The van der Waals surface area contributed by atoms with Crippen molar-refractivity contribution in [2.24, 2.45) is 0 Å². The molecule has 84 valence electrons. The van der Waals surface area contributed by atoms with Crippen molar-refractivity contribution in [3.63, 3.8) is 0 Å². The number of aromatic nitrogens is 1. The summed E-state index contributed by atoms with van der Waals surface area (Å²) in [6.45, 7) is 4.09. The fraction of sp³-hybridized carbons (Fsp3) is 0.500. The Hall–Kier alpha value is -1.00. The summed E-state index contributed by atoms with van der Waals surface area (Å²) in [6, 6.07) is 3.25. The molecule has 0 bridgehead atoms. The zero-order valence-corrected chi connectivity index (χ0v) is 9.67. The van der Waals surface area contributed by atoms with E-state index in [4.69, 9.17) is 17.3 Å². The second-order valence-corrected chi connectivity index (χ2v) is 4.20. The van der Waals surface area contributed by atoms with Crippen molar-refractivity contribution in [2.75, 3.05) is 17.6 Å². The van der Waals surface area contributed by atoms with Crippen molar-refractivity contribution in [2.45, 2.75) is 25.9 Å². The molecule has 1 unspecified atom stereocenters. The minimum absolute atomic E-state index is 0.341. The van der Waals surface area contributed by atoms with E-state index >= 15 is 0 Å². The molecule has 0 saturated carbocycles. The van der Waals surface area contributed by atoms with Gasteiger partial charge in [-0.3, -0.25) is 0 Å². The number of nitrogens with zero attached hydrogens (tertiary/aromatic N) is 1. The van der Waals surface area contributed by atoms with E-state index in [1.807, 2.05) is 6.92 Å². The zero-order valence-electron chi connectivity index (χ0n) is 8.92. The lowest BCUT2D eigenvalue weighted by Crippen LogP contribution is -2.32. The van der Waals surface area contributed by atoms with Crippen LogP contribution in [0.5, 0.6) is 0 Å². The van der Waals surface area contributed by atoms with Crippen LogP contribution in [0.3, 0.4) is 0 Å². The van der Waals surface area contributed by atoms with Crippen molar-refractivity contribution in [1.29, 1.82) is 0 Å². The summed E-state index contributed by atoms with van der Waals surface area (Å²) in [7, 11) is 0. The third kappa shape index (κ3) is 3.93. The normalized spacial score (nSPS) is 14.7. The number of aliphatic hydroxyl groups is 1. The number of hydrogen-bond acceptors (Lipinski definition) is 4. The summed E-state index contributed by atoms with van der Waals surface area (Å²) in [5.41, 5.74) is 5.40. The smallest absolute Gasteiger partial charge is 0.133 e. The highest BCUT2D eigenvalue weighted by Crippen LogP contribution is 2.17. The Morgan fingerprint density at radius 2 is 2.27 bits per heavy atom. The number of hydrogen-bond donors (Lipinski definition) is 3. The van der Waals surface area contributed by atoms with Crippen LogP contribution in [-0.4, -0.2) is 22.2 Å². The van der Waals surface area contributed by atoms with Crippen LogP contribution in [0.2, 0.25) is 5.15 Å². The summed E-state index contributed by atoms with van der Waals surface area (Å²) >= 11 is 5.74. The maximum absolute atomic E-state index is 9.77. The standard InChI is InChI=1S/C10H16ClN3O/c1-3-10(2,15)6-13-9-5-7(12)4-8(11)14-9/h4-5,15H,3,6H2,1-2H3,(H3,12,13,14). The highest BCUT2D eigenvalue weighted by Gasteiger charge is 2.17. The Kier molecular flexibility index (Phi) is 3.77. The summed E-state index contributed by atoms with van der Waals surface area (Å²) < 4.78 is 0. The van der Waals surface area contributed by atoms with Gasteiger partial charge in [0.1, 0.15) is 11.0 Å². The molecular weight excluding hydrogens is 214 g/mol. The number of nitrogens with two attached hydrogens (primary N) is 1. The van der Waals surface area contributed by atoms with E-state index in [-0.39, 0.29) is 0 Å². The number of rotatable bonds is 4. The Morgan fingerprint density at radius 3 is 2.80 bits per heavy atom. The molecule has 0 aromatic carbocycles. The van der Waals surface area contributed by atoms with Crippen LogP contribution < -0.4 is 11.1 Å². The van der Waals surface area contributed by atoms with Crippen molar-refractivity contribution in [1.82, 2.24) is 4.98 Å². The van der Waals surface area contributed by atoms with Gasteiger partial charge >= 0.3 is 0 Å². The van der Waals surface area contributed by atoms with Crippen LogP contribution in [0.1, 0.15) is 20.3 Å². The van der Waals surface area contributed by atoms with Crippen LogP contribution in [0.15, 0.2) is 12.1 Å². The van der Waals surface area contributed by atoms with Crippen LogP contribution in [-0.2, 0) is 0 Å². The minimum Gasteiger partial charge on any atom is -0.399 e. The second-order valence-electron chi connectivity index (χ2n) is 3.81. The quantitative estimate of drug-likeness (QED) is 0.690. The largest absolute Gasteiger partial charge is 0.399 e. The van der Waals surface area contributed by atoms with Gasteiger partial charge in [0.05, 0.1) is 5.60 Å². The molecule has 1 aromatic heterocycles. The topological polar surface area (TPSA) is 71.2 Å². The van der Waals surface area contributed by atoms with Crippen LogP contribution >= 0.6 is 11.6 Å². The van der Waals surface area contributed by atoms with Gasteiger partial charge in [-0.15, -0.1) is 0 Å². The van der Waals surface area contributed by atoms with Crippen molar-refractivity contribution in [3.8, 4) is 0 Å². The van der Waals surface area contributed by atoms with Crippen molar-refractivity contribution in [3.05, 3.63) is 17.3 Å². The third-order valence-electron chi connectivity index (χ3n) is 2.23. The van der Waals surface area contributed by atoms with Gasteiger partial charge in [0.15, 0.2) is 0 Å². The molecule has 0 radical (unpaired) electrons. The molecule has 0 aliphatic carbocycles. The molecule has 4 nitrogen and oxygen atoms in total. The van der Waals surface area contributed by atoms with E-state index < -0.39 is 5.60 Å². The molecule has 4 N–H and O–H groups in total. The molecule has 1 heterocycles. The average molecular weight is 230 g/mol. The summed E-state index contributed by atoms with van der Waals surface area (Å²) in [5.74, 6) is 0.578. The predicted octanol–water partition coefficient (Wildman–Crippen LogP) is 1.89. The number of nitrogen functional groups attached to an aromatic ring is 1. The lowest BCUT2D eigenvalue weighted by Gasteiger charge is -2.21. The van der Waals surface area contributed by atoms with Gasteiger partial charge in [0.2, 0.25) is 0 Å². The highest BCUT2D eigenvalue weighted by atomic mass is 35.5. The Labute approximate surface area is 94.5 Å². The van der Waals surface area contributed by atoms with Gasteiger partial charge in [0.25, 0.3) is 0 Å². The molecule has 5 heteroatoms. The van der Waals surface area contributed by atoms with E-state index in [0.29, 0.717) is 29.6 Å². The molecule has 15 heavy (non-hydrogen) atoms. The maximum Gasteiger partial charge on any atom is 0.133 e. The number of anilines is 2. The van der Waals surface area contributed by atoms with Crippen molar-refractivity contribution < 1.29 is 5.11 Å². The first-order valence-corrected chi connectivity index (χ1v) is 5.20. The molecular formula is C10H16ClN3O. The Bertz CT molecular complexity index is 321. The van der Waals surface area contributed by atoms with E-state index in [2.05, 4.69) is 10.3 Å². The van der Waals surface area contributed by atoms with Gasteiger partial charge in [0, 0.05) is 18.3 Å². The second kappa shape index (κ2) is 4.68. The lowest BCUT2D eigenvalue weighted by molar-refractivity contribution is 0.0696. The Balaban J connectivity index is 2.65. The van der Waals surface area contributed by atoms with E-state index in [1.54, 1.807) is 19.1 Å². The average Bonchev–Trinajstić information content (AvgIpc) is 2.14. The van der Waals surface area contributed by atoms with Gasteiger partial charge in [-0.2, -0.15) is 0 Å². The first-order chi connectivity index (χ1) is 6.93. The summed E-state index contributed by atoms with van der Waals surface area (Å²) in [4.78, 5) is 4.03. The molecule has 0 spiro atoms. The fourth-order valence-electron chi connectivity index (χ4n) is 1.01. The predicted molar refractivity (Wildman–Crippen MR) is 63.1 cm³/mol. The highest BCUT2D eigenvalue weighted by molar-refractivity contribution is 6.29. The maximum atomic E-state index is 9.77. The number of pyridine rings is 1. The number of halogens is 1. The summed E-state index contributed by atoms with van der Waals surface area (Å²) in [6.07, 6.45) is 0.663. The lowest BCUT2D eigenvalue weighted by atomic mass is 10.0. The molecule has 1 rings (SSSR count). The Morgan fingerprint density at radius 1 is 1.60 bits per heavy atom. The molecule has 0 fully saturated rings. The van der Waals surface area contributed by atoms with Crippen molar-refractivity contribution >= 4 is 23.1 Å². The number of nitrogens with one attached hydrogen (secondary N) is 1. The SMILES string of the molecule is CCC(C)(O)CNc1cc(N)cc(Cl)n1. The van der Waals surface area contributed by atoms with E-state index in [1.165, 1.54) is 0 Å². The molecule has 0 aliphatic heterocycles. The van der Waals surface area contributed by atoms with Crippen LogP contribution in [0, 0.1) is 0 Å². The monoisotopic (exact) mass is 229 g/mol. The molecule has 1 aromatic rings. The van der Waals surface area contributed by atoms with Gasteiger partial charge in [-0.1, -0.05) is 18.5 Å². The van der Waals surface area contributed by atoms with E-state index in [9.17, 15) is 5.11 Å². The van der Waals surface area contributed by atoms with Crippen LogP contribution in [0.4, 0.5) is 11.5 Å². The first kappa shape index (κ1) is 12.1. The van der Waals surface area contributed by atoms with Crippen LogP contribution in [0.25, 0.3) is 0 Å². The zero-order chi connectivity index (χ0) is 11.5. The molecule has 0 aliphatic rings. The third-order valence-corrected chi connectivity index (χ3v) is 2.42. The van der Waals surface area contributed by atoms with E-state index in [0.717, 1.165) is 0 Å². The summed E-state index contributed by atoms with van der Waals surface area (Å²) in [5, 5.41) is 13.1. The molecule has 1 atom stereocenters. The molecule has 0 saturated heterocycles. The molecule has 0 amide bonds. The van der Waals surface area contributed by atoms with Gasteiger partial charge < -0.3 is 16.2 Å². The van der Waals surface area contributed by atoms with Gasteiger partial charge in [-0.25, -0.2) is 4.98 Å². The fourth-order valence-corrected chi connectivity index (χ4v) is 1.23. The first-order valence-electron chi connectivity index (χ1n) is 4.82.